The van der Waals surface area contributed by atoms with Gasteiger partial charge in [0, 0.05) is 13.3 Å². The average Bonchev–Trinajstić information content (AvgIpc) is 3.52. The van der Waals surface area contributed by atoms with E-state index in [1.807, 2.05) is 13.8 Å². The van der Waals surface area contributed by atoms with E-state index in [0.717, 1.165) is 32.1 Å². The van der Waals surface area contributed by atoms with Gasteiger partial charge >= 0.3 is 5.97 Å². The molecule has 0 aromatic carbocycles. The molecule has 3 aliphatic heterocycles. The van der Waals surface area contributed by atoms with Gasteiger partial charge in [-0.05, 0) is 111 Å². The molecular formula is C43H72O15. The molecule has 7 aliphatic rings. The molecule has 0 amide bonds. The standard InChI is InChI=1S/C43H72O15/c1-20(45)54-24-17-43(9,58-39(4,5)35(24)52)21-10-14-42(8)29(21)22(46)16-27-40(6)13-12-28(38(2,3)26(40)11-15-41(27,42)7)56-37-34(32(50)31(49)25(18-44)55-37)57-36-33(51)30(48)23(47)19-53-36/h21-37,44,46-52H,10-19H2,1-9H3. The number of ether oxygens (including phenoxy) is 6. The van der Waals surface area contributed by atoms with Gasteiger partial charge in [0.2, 0.25) is 0 Å². The predicted molar refractivity (Wildman–Crippen MR) is 205 cm³/mol. The lowest BCUT2D eigenvalue weighted by Crippen LogP contribution is -2.68. The first-order chi connectivity index (χ1) is 26.9. The van der Waals surface area contributed by atoms with E-state index in [4.69, 9.17) is 28.4 Å². The summed E-state index contributed by atoms with van der Waals surface area (Å²) in [6, 6.07) is 0. The smallest absolute Gasteiger partial charge is 0.302 e. The number of carbonyl (C=O) groups excluding carboxylic acids is 1. The van der Waals surface area contributed by atoms with Crippen molar-refractivity contribution in [1.29, 1.82) is 0 Å². The number of rotatable bonds is 7. The highest BCUT2D eigenvalue weighted by Crippen LogP contribution is 2.76. The quantitative estimate of drug-likeness (QED) is 0.134. The molecule has 7 rings (SSSR count). The van der Waals surface area contributed by atoms with Crippen LogP contribution < -0.4 is 0 Å². The van der Waals surface area contributed by atoms with Crippen LogP contribution in [0.1, 0.15) is 114 Å². The van der Waals surface area contributed by atoms with Crippen molar-refractivity contribution in [3.8, 4) is 0 Å². The van der Waals surface area contributed by atoms with E-state index in [1.165, 1.54) is 6.92 Å². The minimum absolute atomic E-state index is 0.0167. The molecule has 7 fully saturated rings. The van der Waals surface area contributed by atoms with Gasteiger partial charge in [0.1, 0.15) is 54.9 Å². The molecule has 8 N–H and O–H groups in total. The van der Waals surface area contributed by atoms with Gasteiger partial charge in [0.25, 0.3) is 0 Å². The van der Waals surface area contributed by atoms with Crippen LogP contribution >= 0.6 is 0 Å². The van der Waals surface area contributed by atoms with E-state index < -0.39 is 109 Å². The van der Waals surface area contributed by atoms with Crippen LogP contribution in [-0.4, -0.2) is 151 Å². The molecule has 15 nitrogen and oxygen atoms in total. The molecule has 4 aliphatic carbocycles. The van der Waals surface area contributed by atoms with Gasteiger partial charge < -0.3 is 69.3 Å². The number of aliphatic hydroxyl groups excluding tert-OH is 8. The Bertz CT molecular complexity index is 1510. The number of carbonyl (C=O) groups is 1. The van der Waals surface area contributed by atoms with Crippen molar-refractivity contribution in [2.24, 2.45) is 45.3 Å². The molecular weight excluding hydrogens is 756 g/mol. The normalized spacial score (nSPS) is 55.2. The topological polar surface area (TPSA) is 234 Å². The van der Waals surface area contributed by atoms with Gasteiger partial charge in [-0.25, -0.2) is 0 Å². The minimum atomic E-state index is -1.65. The molecule has 0 aromatic rings. The van der Waals surface area contributed by atoms with Crippen LogP contribution in [-0.2, 0) is 33.2 Å². The summed E-state index contributed by atoms with van der Waals surface area (Å²) in [4.78, 5) is 12.1. The molecule has 58 heavy (non-hydrogen) atoms. The molecule has 0 aromatic heterocycles. The third-order valence-corrected chi connectivity index (χ3v) is 17.5. The van der Waals surface area contributed by atoms with Gasteiger partial charge in [-0.15, -0.1) is 0 Å². The summed E-state index contributed by atoms with van der Waals surface area (Å²) in [5.74, 6) is -0.168. The Morgan fingerprint density at radius 3 is 2.07 bits per heavy atom. The van der Waals surface area contributed by atoms with Crippen LogP contribution in [0.4, 0.5) is 0 Å². The Hall–Kier alpha value is -1.05. The van der Waals surface area contributed by atoms with E-state index in [9.17, 15) is 45.6 Å². The van der Waals surface area contributed by atoms with Gasteiger partial charge in [0.05, 0.1) is 36.6 Å². The van der Waals surface area contributed by atoms with Crippen LogP contribution in [0.3, 0.4) is 0 Å². The first-order valence-corrected chi connectivity index (χ1v) is 21.7. The van der Waals surface area contributed by atoms with Crippen molar-refractivity contribution in [3.63, 3.8) is 0 Å². The third kappa shape index (κ3) is 6.93. The van der Waals surface area contributed by atoms with Crippen LogP contribution in [0.5, 0.6) is 0 Å². The summed E-state index contributed by atoms with van der Waals surface area (Å²) in [5, 5.41) is 86.6. The molecule has 0 bridgehead atoms. The zero-order chi connectivity index (χ0) is 42.7. The first-order valence-electron chi connectivity index (χ1n) is 21.7. The van der Waals surface area contributed by atoms with Gasteiger partial charge in [-0.1, -0.05) is 34.6 Å². The molecule has 3 saturated heterocycles. The second-order valence-electron chi connectivity index (χ2n) is 21.3. The number of aliphatic hydroxyl groups is 8. The van der Waals surface area contributed by atoms with Crippen molar-refractivity contribution >= 4 is 5.97 Å². The van der Waals surface area contributed by atoms with Crippen molar-refractivity contribution in [2.75, 3.05) is 13.2 Å². The minimum Gasteiger partial charge on any atom is -0.460 e. The average molecular weight is 829 g/mol. The number of hydrogen-bond acceptors (Lipinski definition) is 15. The van der Waals surface area contributed by atoms with Crippen LogP contribution in [0.2, 0.25) is 0 Å². The van der Waals surface area contributed by atoms with Crippen LogP contribution in [0.25, 0.3) is 0 Å². The molecule has 21 atom stereocenters. The van der Waals surface area contributed by atoms with Crippen molar-refractivity contribution in [2.45, 2.75) is 205 Å². The second kappa shape index (κ2) is 15.3. The lowest BCUT2D eigenvalue weighted by molar-refractivity contribution is -0.370. The summed E-state index contributed by atoms with van der Waals surface area (Å²) >= 11 is 0. The van der Waals surface area contributed by atoms with E-state index in [2.05, 4.69) is 41.5 Å². The maximum absolute atomic E-state index is 12.5. The largest absolute Gasteiger partial charge is 0.460 e. The van der Waals surface area contributed by atoms with Gasteiger partial charge in [0.15, 0.2) is 12.6 Å². The van der Waals surface area contributed by atoms with Crippen LogP contribution in [0.15, 0.2) is 0 Å². The van der Waals surface area contributed by atoms with E-state index >= 15 is 0 Å². The Labute approximate surface area is 342 Å². The van der Waals surface area contributed by atoms with E-state index in [1.54, 1.807) is 0 Å². The molecule has 334 valence electrons. The highest BCUT2D eigenvalue weighted by Gasteiger charge is 2.72. The summed E-state index contributed by atoms with van der Waals surface area (Å²) in [6.45, 7) is 17.8. The lowest BCUT2D eigenvalue weighted by Gasteiger charge is -2.71. The summed E-state index contributed by atoms with van der Waals surface area (Å²) in [5.41, 5.74) is -2.65. The Morgan fingerprint density at radius 2 is 1.41 bits per heavy atom. The van der Waals surface area contributed by atoms with Crippen molar-refractivity contribution < 1.29 is 74.1 Å². The fourth-order valence-corrected chi connectivity index (χ4v) is 14.4. The summed E-state index contributed by atoms with van der Waals surface area (Å²) in [6.07, 6.45) is -9.64. The third-order valence-electron chi connectivity index (χ3n) is 17.5. The maximum Gasteiger partial charge on any atom is 0.302 e. The van der Waals surface area contributed by atoms with Crippen molar-refractivity contribution in [1.82, 2.24) is 0 Å². The van der Waals surface area contributed by atoms with Gasteiger partial charge in [-0.3, -0.25) is 4.79 Å². The van der Waals surface area contributed by atoms with E-state index in [0.29, 0.717) is 19.3 Å². The fraction of sp³-hybridized carbons (Fsp3) is 0.977. The molecule has 3 heterocycles. The maximum atomic E-state index is 12.5. The molecule has 4 saturated carbocycles. The lowest BCUT2D eigenvalue weighted by atomic mass is 9.35. The second-order valence-corrected chi connectivity index (χ2v) is 21.3. The molecule has 15 heteroatoms. The number of fused-ring (bicyclic) bond motifs is 5. The SMILES string of the molecule is CC(=O)OC1CC(C)(C2CCC3(C)C2C(O)CC2C4(C)CCC(OC5OC(CO)C(O)C(O)C5OC5OCC(O)C(O)C5O)C(C)(C)C4CCC23C)OC(C)(C)C1O. The number of esters is 1. The monoisotopic (exact) mass is 828 g/mol. The number of hydrogen-bond donors (Lipinski definition) is 8. The van der Waals surface area contributed by atoms with Crippen molar-refractivity contribution in [3.05, 3.63) is 0 Å². The Balaban J connectivity index is 1.12. The van der Waals surface area contributed by atoms with Gasteiger partial charge in [-0.2, -0.15) is 0 Å². The Kier molecular flexibility index (Phi) is 11.9. The highest BCUT2D eigenvalue weighted by atomic mass is 16.8. The van der Waals surface area contributed by atoms with E-state index in [-0.39, 0.29) is 46.5 Å². The zero-order valence-electron chi connectivity index (χ0n) is 35.8. The first kappa shape index (κ1) is 45.0. The fourth-order valence-electron chi connectivity index (χ4n) is 14.4. The summed E-state index contributed by atoms with van der Waals surface area (Å²) < 4.78 is 36.8. The Morgan fingerprint density at radius 1 is 0.741 bits per heavy atom. The zero-order valence-corrected chi connectivity index (χ0v) is 35.8. The molecule has 0 spiro atoms. The summed E-state index contributed by atoms with van der Waals surface area (Å²) in [7, 11) is 0. The molecule has 0 radical (unpaired) electrons. The molecule has 21 unspecified atom stereocenters. The highest BCUT2D eigenvalue weighted by molar-refractivity contribution is 5.66. The van der Waals surface area contributed by atoms with Crippen LogP contribution in [0, 0.1) is 45.3 Å². The predicted octanol–water partition coefficient (Wildman–Crippen LogP) is 1.54.